The van der Waals surface area contributed by atoms with Crippen LogP contribution in [-0.2, 0) is 16.1 Å². The van der Waals surface area contributed by atoms with E-state index in [-0.39, 0.29) is 0 Å². The summed E-state index contributed by atoms with van der Waals surface area (Å²) in [5, 5.41) is 0. The second-order valence-electron chi connectivity index (χ2n) is 7.07. The maximum atomic E-state index is 12.2. The van der Waals surface area contributed by atoms with Crippen molar-refractivity contribution in [1.82, 2.24) is 14.9 Å². The van der Waals surface area contributed by atoms with E-state index in [0.29, 0.717) is 30.4 Å². The molecule has 2 bridgehead atoms. The molecule has 1 aromatic heterocycles. The first-order valence-electron chi connectivity index (χ1n) is 8.59. The molecule has 3 saturated heterocycles. The van der Waals surface area contributed by atoms with Gasteiger partial charge in [-0.15, -0.1) is 0 Å². The maximum absolute atomic E-state index is 12.2. The van der Waals surface area contributed by atoms with Crippen molar-refractivity contribution in [3.05, 3.63) is 18.1 Å². The summed E-state index contributed by atoms with van der Waals surface area (Å²) in [6, 6.07) is 2.48. The number of carbonyl (C=O) groups excluding carboxylic acids is 1. The Kier molecular flexibility index (Phi) is 3.93. The lowest BCUT2D eigenvalue weighted by molar-refractivity contribution is -0.142. The Labute approximate surface area is 136 Å². The van der Waals surface area contributed by atoms with Gasteiger partial charge in [-0.05, 0) is 31.1 Å². The van der Waals surface area contributed by atoms with E-state index in [1.807, 2.05) is 6.07 Å². The van der Waals surface area contributed by atoms with E-state index in [4.69, 9.17) is 4.74 Å². The average Bonchev–Trinajstić information content (AvgIpc) is 2.56. The third-order valence-corrected chi connectivity index (χ3v) is 5.51. The van der Waals surface area contributed by atoms with E-state index in [2.05, 4.69) is 19.8 Å². The Bertz CT molecular complexity index is 594. The van der Waals surface area contributed by atoms with Crippen LogP contribution in [0.15, 0.2) is 12.4 Å². The minimum Gasteiger partial charge on any atom is -0.378 e. The molecule has 0 saturated carbocycles. The van der Waals surface area contributed by atoms with Crippen molar-refractivity contribution in [2.75, 3.05) is 31.6 Å². The molecule has 3 aliphatic heterocycles. The summed E-state index contributed by atoms with van der Waals surface area (Å²) in [7, 11) is 1.68. The van der Waals surface area contributed by atoms with Crippen molar-refractivity contribution in [1.29, 1.82) is 0 Å². The van der Waals surface area contributed by atoms with Crippen LogP contribution >= 0.6 is 0 Å². The molecule has 0 N–H and O–H groups in total. The van der Waals surface area contributed by atoms with Crippen LogP contribution in [0.25, 0.3) is 0 Å². The van der Waals surface area contributed by atoms with Crippen molar-refractivity contribution < 1.29 is 9.53 Å². The number of hydrogen-bond donors (Lipinski definition) is 0. The predicted molar refractivity (Wildman–Crippen MR) is 85.9 cm³/mol. The highest BCUT2D eigenvalue weighted by Gasteiger charge is 2.44. The monoisotopic (exact) mass is 316 g/mol. The standard InChI is InChI=1S/C17H24N4O2/c1-23-10-14-6-16(19-11-18-14)20-7-12-5-13(9-20)15-3-2-4-17(22)21(15)8-12/h6,11-13,15H,2-5,7-10H2,1H3/t12-,13+,15-/m0/s1. The van der Waals surface area contributed by atoms with E-state index < -0.39 is 0 Å². The van der Waals surface area contributed by atoms with Gasteiger partial charge in [-0.1, -0.05) is 0 Å². The van der Waals surface area contributed by atoms with Gasteiger partial charge in [0, 0.05) is 45.3 Å². The predicted octanol–water partition coefficient (Wildman–Crippen LogP) is 1.46. The molecule has 1 aromatic rings. The first kappa shape index (κ1) is 14.9. The highest BCUT2D eigenvalue weighted by atomic mass is 16.5. The zero-order valence-corrected chi connectivity index (χ0v) is 13.6. The summed E-state index contributed by atoms with van der Waals surface area (Å²) in [6.07, 6.45) is 5.83. The Morgan fingerprint density at radius 2 is 2.22 bits per heavy atom. The van der Waals surface area contributed by atoms with Gasteiger partial charge in [0.05, 0.1) is 12.3 Å². The van der Waals surface area contributed by atoms with Crippen LogP contribution in [0, 0.1) is 11.8 Å². The van der Waals surface area contributed by atoms with Crippen LogP contribution in [0.5, 0.6) is 0 Å². The van der Waals surface area contributed by atoms with Gasteiger partial charge in [0.15, 0.2) is 0 Å². The van der Waals surface area contributed by atoms with E-state index in [0.717, 1.165) is 50.4 Å². The molecule has 0 aromatic carbocycles. The second kappa shape index (κ2) is 6.07. The molecule has 3 atom stereocenters. The van der Waals surface area contributed by atoms with Gasteiger partial charge in [0.25, 0.3) is 0 Å². The second-order valence-corrected chi connectivity index (χ2v) is 7.07. The molecule has 124 valence electrons. The van der Waals surface area contributed by atoms with Crippen LogP contribution in [0.3, 0.4) is 0 Å². The number of anilines is 1. The fourth-order valence-electron chi connectivity index (χ4n) is 4.58. The molecule has 0 unspecified atom stereocenters. The lowest BCUT2D eigenvalue weighted by atomic mass is 9.76. The minimum absolute atomic E-state index is 0.369. The number of rotatable bonds is 3. The molecule has 0 aliphatic carbocycles. The SMILES string of the molecule is COCc1cc(N2C[C@@H]3C[C@H](C2)[C@@H]2CCCC(=O)N2C3)ncn1. The molecule has 6 nitrogen and oxygen atoms in total. The lowest BCUT2D eigenvalue weighted by Gasteiger charge is -2.52. The normalized spacial score (nSPS) is 30.3. The number of piperidine rings is 3. The Hall–Kier alpha value is -1.69. The van der Waals surface area contributed by atoms with Gasteiger partial charge >= 0.3 is 0 Å². The van der Waals surface area contributed by atoms with E-state index >= 15 is 0 Å². The first-order valence-corrected chi connectivity index (χ1v) is 8.59. The van der Waals surface area contributed by atoms with Crippen molar-refractivity contribution in [3.8, 4) is 0 Å². The van der Waals surface area contributed by atoms with Crippen molar-refractivity contribution in [2.45, 2.75) is 38.3 Å². The fraction of sp³-hybridized carbons (Fsp3) is 0.706. The van der Waals surface area contributed by atoms with Gasteiger partial charge in [-0.2, -0.15) is 0 Å². The van der Waals surface area contributed by atoms with Crippen LogP contribution < -0.4 is 4.90 Å². The molecule has 0 radical (unpaired) electrons. The van der Waals surface area contributed by atoms with Crippen molar-refractivity contribution in [3.63, 3.8) is 0 Å². The highest BCUT2D eigenvalue weighted by molar-refractivity contribution is 5.77. The zero-order chi connectivity index (χ0) is 15.8. The first-order chi connectivity index (χ1) is 11.2. The summed E-state index contributed by atoms with van der Waals surface area (Å²) in [5.74, 6) is 2.51. The minimum atomic E-state index is 0.369. The highest BCUT2D eigenvalue weighted by Crippen LogP contribution is 2.38. The Morgan fingerprint density at radius 1 is 1.30 bits per heavy atom. The van der Waals surface area contributed by atoms with Crippen LogP contribution in [0.4, 0.5) is 5.82 Å². The molecular weight excluding hydrogens is 292 g/mol. The molecule has 3 fully saturated rings. The fourth-order valence-corrected chi connectivity index (χ4v) is 4.58. The largest absolute Gasteiger partial charge is 0.378 e. The molecule has 4 rings (SSSR count). The van der Waals surface area contributed by atoms with Crippen molar-refractivity contribution in [2.24, 2.45) is 11.8 Å². The zero-order valence-electron chi connectivity index (χ0n) is 13.6. The van der Waals surface area contributed by atoms with Crippen LogP contribution in [0.2, 0.25) is 0 Å². The van der Waals surface area contributed by atoms with Crippen LogP contribution in [0.1, 0.15) is 31.4 Å². The van der Waals surface area contributed by atoms with Gasteiger partial charge in [0.2, 0.25) is 5.91 Å². The molecular formula is C17H24N4O2. The quantitative estimate of drug-likeness (QED) is 0.845. The number of nitrogens with zero attached hydrogens (tertiary/aromatic N) is 4. The summed E-state index contributed by atoms with van der Waals surface area (Å²) >= 11 is 0. The maximum Gasteiger partial charge on any atom is 0.222 e. The Morgan fingerprint density at radius 3 is 3.09 bits per heavy atom. The van der Waals surface area contributed by atoms with E-state index in [1.165, 1.54) is 6.42 Å². The summed E-state index contributed by atoms with van der Waals surface area (Å²) in [5.41, 5.74) is 0.919. The topological polar surface area (TPSA) is 58.6 Å². The summed E-state index contributed by atoms with van der Waals surface area (Å²) in [4.78, 5) is 25.5. The van der Waals surface area contributed by atoms with Gasteiger partial charge < -0.3 is 14.5 Å². The number of methoxy groups -OCH3 is 1. The van der Waals surface area contributed by atoms with Gasteiger partial charge in [0.1, 0.15) is 12.1 Å². The summed E-state index contributed by atoms with van der Waals surface area (Å²) < 4.78 is 5.17. The Balaban J connectivity index is 1.53. The third-order valence-electron chi connectivity index (χ3n) is 5.51. The smallest absolute Gasteiger partial charge is 0.222 e. The molecule has 6 heteroatoms. The molecule has 1 amide bonds. The molecule has 3 aliphatic rings. The van der Waals surface area contributed by atoms with Crippen LogP contribution in [-0.4, -0.2) is 53.6 Å². The molecule has 23 heavy (non-hydrogen) atoms. The lowest BCUT2D eigenvalue weighted by Crippen LogP contribution is -2.60. The number of ether oxygens (including phenoxy) is 1. The number of aromatic nitrogens is 2. The van der Waals surface area contributed by atoms with Gasteiger partial charge in [-0.3, -0.25) is 4.79 Å². The van der Waals surface area contributed by atoms with Crippen molar-refractivity contribution >= 4 is 11.7 Å². The molecule has 4 heterocycles. The molecule has 0 spiro atoms. The van der Waals surface area contributed by atoms with E-state index in [9.17, 15) is 4.79 Å². The van der Waals surface area contributed by atoms with E-state index in [1.54, 1.807) is 13.4 Å². The number of amides is 1. The summed E-state index contributed by atoms with van der Waals surface area (Å²) in [6.45, 7) is 3.42. The number of carbonyl (C=O) groups is 1. The average molecular weight is 316 g/mol. The number of fused-ring (bicyclic) bond motifs is 4. The number of hydrogen-bond acceptors (Lipinski definition) is 5. The third kappa shape index (κ3) is 2.80. The van der Waals surface area contributed by atoms with Gasteiger partial charge in [-0.25, -0.2) is 9.97 Å².